The largest absolute Gasteiger partial charge is 0.348 e. The SMILES string of the molecule is CCC(C)c1nc(N(C)C(CC)CC)sc1CNC. The van der Waals surface area contributed by atoms with Gasteiger partial charge in [-0.2, -0.15) is 0 Å². The van der Waals surface area contributed by atoms with Gasteiger partial charge in [0.2, 0.25) is 0 Å². The molecule has 0 aliphatic rings. The molecule has 0 aliphatic heterocycles. The van der Waals surface area contributed by atoms with Crippen LogP contribution in [0.25, 0.3) is 0 Å². The average molecular weight is 283 g/mol. The molecule has 1 atom stereocenters. The molecule has 1 aromatic rings. The molecule has 1 rings (SSSR count). The molecular formula is C15H29N3S. The molecule has 1 aromatic heterocycles. The summed E-state index contributed by atoms with van der Waals surface area (Å²) in [5.41, 5.74) is 1.29. The molecule has 3 nitrogen and oxygen atoms in total. The van der Waals surface area contributed by atoms with Crippen molar-refractivity contribution >= 4 is 16.5 Å². The van der Waals surface area contributed by atoms with E-state index in [1.54, 1.807) is 0 Å². The van der Waals surface area contributed by atoms with Gasteiger partial charge in [0.05, 0.1) is 5.69 Å². The lowest BCUT2D eigenvalue weighted by molar-refractivity contribution is 0.588. The van der Waals surface area contributed by atoms with Crippen LogP contribution >= 0.6 is 11.3 Å². The van der Waals surface area contributed by atoms with Crippen molar-refractivity contribution in [3.05, 3.63) is 10.6 Å². The number of nitrogens with one attached hydrogen (secondary N) is 1. The van der Waals surface area contributed by atoms with E-state index in [0.717, 1.165) is 13.0 Å². The van der Waals surface area contributed by atoms with Crippen molar-refractivity contribution in [3.8, 4) is 0 Å². The van der Waals surface area contributed by atoms with Crippen molar-refractivity contribution in [2.75, 3.05) is 19.0 Å². The normalized spacial score (nSPS) is 13.0. The van der Waals surface area contributed by atoms with E-state index in [9.17, 15) is 0 Å². The third-order valence-corrected chi connectivity index (χ3v) is 5.09. The molecule has 1 heterocycles. The molecule has 0 amide bonds. The summed E-state index contributed by atoms with van der Waals surface area (Å²) < 4.78 is 0. The quantitative estimate of drug-likeness (QED) is 0.781. The summed E-state index contributed by atoms with van der Waals surface area (Å²) in [5, 5.41) is 4.44. The summed E-state index contributed by atoms with van der Waals surface area (Å²) in [7, 11) is 4.18. The molecule has 0 fully saturated rings. The lowest BCUT2D eigenvalue weighted by atomic mass is 10.0. The Morgan fingerprint density at radius 2 is 1.84 bits per heavy atom. The number of nitrogens with zero attached hydrogens (tertiary/aromatic N) is 2. The second-order valence-corrected chi connectivity index (χ2v) is 6.29. The average Bonchev–Trinajstić information content (AvgIpc) is 2.83. The van der Waals surface area contributed by atoms with Crippen LogP contribution in [0.15, 0.2) is 0 Å². The summed E-state index contributed by atoms with van der Waals surface area (Å²) in [6.45, 7) is 9.94. The van der Waals surface area contributed by atoms with Crippen LogP contribution in [0.4, 0.5) is 5.13 Å². The first-order valence-electron chi connectivity index (χ1n) is 7.45. The fourth-order valence-corrected chi connectivity index (χ4v) is 3.59. The zero-order chi connectivity index (χ0) is 14.4. The van der Waals surface area contributed by atoms with Crippen LogP contribution in [0, 0.1) is 0 Å². The second-order valence-electron chi connectivity index (χ2n) is 5.23. The summed E-state index contributed by atoms with van der Waals surface area (Å²) in [4.78, 5) is 8.67. The Balaban J connectivity index is 3.02. The molecule has 0 bridgehead atoms. The van der Waals surface area contributed by atoms with Crippen molar-refractivity contribution in [3.63, 3.8) is 0 Å². The number of hydrogen-bond acceptors (Lipinski definition) is 4. The van der Waals surface area contributed by atoms with Crippen LogP contribution in [0.5, 0.6) is 0 Å². The first-order valence-corrected chi connectivity index (χ1v) is 8.27. The molecule has 19 heavy (non-hydrogen) atoms. The minimum atomic E-state index is 0.545. The predicted molar refractivity (Wildman–Crippen MR) is 86.4 cm³/mol. The fraction of sp³-hybridized carbons (Fsp3) is 0.800. The number of hydrogen-bond donors (Lipinski definition) is 1. The van der Waals surface area contributed by atoms with Gasteiger partial charge < -0.3 is 10.2 Å². The summed E-state index contributed by atoms with van der Waals surface area (Å²) in [6, 6.07) is 0.596. The highest BCUT2D eigenvalue weighted by atomic mass is 32.1. The number of aromatic nitrogens is 1. The Hall–Kier alpha value is -0.610. The maximum Gasteiger partial charge on any atom is 0.185 e. The molecule has 0 radical (unpaired) electrons. The van der Waals surface area contributed by atoms with Gasteiger partial charge in [0.1, 0.15) is 0 Å². The molecular weight excluding hydrogens is 254 g/mol. The van der Waals surface area contributed by atoms with Gasteiger partial charge in [-0.15, -0.1) is 11.3 Å². The summed E-state index contributed by atoms with van der Waals surface area (Å²) in [6.07, 6.45) is 3.49. The van der Waals surface area contributed by atoms with E-state index in [4.69, 9.17) is 4.98 Å². The molecule has 4 heteroatoms. The standard InChI is InChI=1S/C15H29N3S/c1-7-11(4)14-13(10-16-5)19-15(17-14)18(6)12(8-2)9-3/h11-12,16H,7-10H2,1-6H3. The molecule has 110 valence electrons. The maximum atomic E-state index is 4.92. The topological polar surface area (TPSA) is 28.2 Å². The zero-order valence-electron chi connectivity index (χ0n) is 13.3. The Morgan fingerprint density at radius 3 is 2.32 bits per heavy atom. The van der Waals surface area contributed by atoms with E-state index in [2.05, 4.69) is 45.0 Å². The smallest absolute Gasteiger partial charge is 0.185 e. The van der Waals surface area contributed by atoms with E-state index in [1.165, 1.54) is 28.5 Å². The van der Waals surface area contributed by atoms with Crippen molar-refractivity contribution in [1.29, 1.82) is 0 Å². The van der Waals surface area contributed by atoms with Gasteiger partial charge in [0.15, 0.2) is 5.13 Å². The molecule has 0 aliphatic carbocycles. The van der Waals surface area contributed by atoms with Gasteiger partial charge in [-0.25, -0.2) is 4.98 Å². The minimum absolute atomic E-state index is 0.545. The Morgan fingerprint density at radius 1 is 1.21 bits per heavy atom. The lowest BCUT2D eigenvalue weighted by Gasteiger charge is -2.25. The molecule has 1 N–H and O–H groups in total. The third-order valence-electron chi connectivity index (χ3n) is 3.92. The van der Waals surface area contributed by atoms with Gasteiger partial charge in [0.25, 0.3) is 0 Å². The van der Waals surface area contributed by atoms with E-state index in [-0.39, 0.29) is 0 Å². The fourth-order valence-electron chi connectivity index (χ4n) is 2.36. The second kappa shape index (κ2) is 7.85. The Bertz CT molecular complexity index is 371. The number of thiazole rings is 1. The first kappa shape index (κ1) is 16.4. The van der Waals surface area contributed by atoms with Crippen LogP contribution in [-0.4, -0.2) is 25.1 Å². The van der Waals surface area contributed by atoms with Crippen LogP contribution < -0.4 is 10.2 Å². The summed E-state index contributed by atoms with van der Waals surface area (Å²) >= 11 is 1.85. The van der Waals surface area contributed by atoms with Gasteiger partial charge in [0, 0.05) is 24.5 Å². The monoisotopic (exact) mass is 283 g/mol. The van der Waals surface area contributed by atoms with Gasteiger partial charge in [-0.3, -0.25) is 0 Å². The highest BCUT2D eigenvalue weighted by molar-refractivity contribution is 7.15. The predicted octanol–water partition coefficient (Wildman–Crippen LogP) is 4.00. The van der Waals surface area contributed by atoms with Crippen LogP contribution in [0.1, 0.15) is 63.4 Å². The Labute approximate surface area is 122 Å². The van der Waals surface area contributed by atoms with Crippen molar-refractivity contribution < 1.29 is 0 Å². The van der Waals surface area contributed by atoms with E-state index in [1.807, 2.05) is 18.4 Å². The van der Waals surface area contributed by atoms with Crippen LogP contribution in [-0.2, 0) is 6.54 Å². The molecule has 0 spiro atoms. The molecule has 1 unspecified atom stereocenters. The minimum Gasteiger partial charge on any atom is -0.348 e. The van der Waals surface area contributed by atoms with Gasteiger partial charge in [-0.1, -0.05) is 27.7 Å². The van der Waals surface area contributed by atoms with E-state index < -0.39 is 0 Å². The highest BCUT2D eigenvalue weighted by Gasteiger charge is 2.20. The summed E-state index contributed by atoms with van der Waals surface area (Å²) in [5.74, 6) is 0.545. The molecule has 0 aromatic carbocycles. The van der Waals surface area contributed by atoms with Crippen molar-refractivity contribution in [2.45, 2.75) is 65.5 Å². The lowest BCUT2D eigenvalue weighted by Crippen LogP contribution is -2.30. The molecule has 0 saturated heterocycles. The van der Waals surface area contributed by atoms with E-state index >= 15 is 0 Å². The maximum absolute atomic E-state index is 4.92. The van der Waals surface area contributed by atoms with Crippen molar-refractivity contribution in [2.24, 2.45) is 0 Å². The van der Waals surface area contributed by atoms with Crippen LogP contribution in [0.3, 0.4) is 0 Å². The Kier molecular flexibility index (Phi) is 6.80. The number of rotatable bonds is 8. The van der Waals surface area contributed by atoms with E-state index in [0.29, 0.717) is 12.0 Å². The number of anilines is 1. The first-order chi connectivity index (χ1) is 9.08. The van der Waals surface area contributed by atoms with Gasteiger partial charge in [-0.05, 0) is 32.2 Å². The zero-order valence-corrected chi connectivity index (χ0v) is 14.1. The third kappa shape index (κ3) is 3.93. The van der Waals surface area contributed by atoms with Crippen molar-refractivity contribution in [1.82, 2.24) is 10.3 Å². The molecule has 0 saturated carbocycles. The van der Waals surface area contributed by atoms with Crippen LogP contribution in [0.2, 0.25) is 0 Å². The van der Waals surface area contributed by atoms with Gasteiger partial charge >= 0.3 is 0 Å². The highest BCUT2D eigenvalue weighted by Crippen LogP contribution is 2.33.